The predicted octanol–water partition coefficient (Wildman–Crippen LogP) is 3.16. The molecule has 2 N–H and O–H groups in total. The molecular weight excluding hydrogens is 380 g/mol. The lowest BCUT2D eigenvalue weighted by molar-refractivity contribution is 0.0170. The van der Waals surface area contributed by atoms with Crippen LogP contribution < -0.4 is 10.6 Å². The molecule has 1 saturated carbocycles. The smallest absolute Gasteiger partial charge is 0.191 e. The Labute approximate surface area is 172 Å². The van der Waals surface area contributed by atoms with Crippen LogP contribution in [0.1, 0.15) is 30.9 Å². The monoisotopic (exact) mass is 410 g/mol. The molecule has 27 heavy (non-hydrogen) atoms. The molecule has 5 nitrogen and oxygen atoms in total. The zero-order valence-electron chi connectivity index (χ0n) is 16.3. The number of aliphatic imine (C=N–C) groups is 1. The zero-order chi connectivity index (χ0) is 19.1. The van der Waals surface area contributed by atoms with Crippen molar-refractivity contribution in [3.05, 3.63) is 34.9 Å². The second kappa shape index (κ2) is 10.6. The quantitative estimate of drug-likeness (QED) is 0.557. The summed E-state index contributed by atoms with van der Waals surface area (Å²) in [5.74, 6) is 0.891. The van der Waals surface area contributed by atoms with Crippen LogP contribution in [0.2, 0.25) is 5.02 Å². The van der Waals surface area contributed by atoms with Crippen molar-refractivity contribution in [3.63, 3.8) is 0 Å². The highest BCUT2D eigenvalue weighted by Gasteiger charge is 2.26. The van der Waals surface area contributed by atoms with Crippen molar-refractivity contribution in [3.8, 4) is 0 Å². The van der Waals surface area contributed by atoms with E-state index >= 15 is 0 Å². The second-order valence-corrected chi connectivity index (χ2v) is 8.76. The van der Waals surface area contributed by atoms with Crippen LogP contribution in [-0.2, 0) is 4.74 Å². The molecule has 7 heteroatoms. The molecule has 0 bridgehead atoms. The van der Waals surface area contributed by atoms with Crippen LogP contribution in [0.25, 0.3) is 0 Å². The normalized spacial score (nSPS) is 25.4. The Kier molecular flexibility index (Phi) is 8.12. The maximum Gasteiger partial charge on any atom is 0.191 e. The number of hydrogen-bond donors (Lipinski definition) is 2. The first-order chi connectivity index (χ1) is 13.2. The number of guanidine groups is 1. The average Bonchev–Trinajstić information content (AvgIpc) is 3.16. The van der Waals surface area contributed by atoms with Crippen molar-refractivity contribution in [2.75, 3.05) is 46.2 Å². The molecule has 1 aliphatic heterocycles. The fraction of sp³-hybridized carbons (Fsp3) is 0.650. The lowest BCUT2D eigenvalue weighted by atomic mass is 10.0. The summed E-state index contributed by atoms with van der Waals surface area (Å²) in [5.41, 5.74) is 1.23. The standard InChI is InChI=1S/C20H31ClN4OS/c1-22-20(24-17-6-7-18(13-17)27-2)23-14-19(25-8-10-26-11-9-25)15-4-3-5-16(21)12-15/h3-5,12,17-19H,6-11,13-14H2,1-2H3,(H2,22,23,24). The van der Waals surface area contributed by atoms with Gasteiger partial charge in [-0.05, 0) is 43.2 Å². The molecule has 1 heterocycles. The molecule has 3 unspecified atom stereocenters. The SMILES string of the molecule is CN=C(NCC(c1cccc(Cl)c1)N1CCOCC1)NC1CCC(SC)C1. The molecule has 1 aliphatic carbocycles. The summed E-state index contributed by atoms with van der Waals surface area (Å²) in [7, 11) is 1.85. The van der Waals surface area contributed by atoms with Crippen LogP contribution in [-0.4, -0.2) is 68.3 Å². The van der Waals surface area contributed by atoms with Crippen molar-refractivity contribution in [1.82, 2.24) is 15.5 Å². The average molecular weight is 411 g/mol. The molecule has 2 fully saturated rings. The van der Waals surface area contributed by atoms with E-state index in [1.807, 2.05) is 30.9 Å². The third-order valence-corrected chi connectivity index (χ3v) is 6.79. The third kappa shape index (κ3) is 6.01. The highest BCUT2D eigenvalue weighted by atomic mass is 35.5. The number of benzene rings is 1. The molecule has 1 aromatic carbocycles. The summed E-state index contributed by atoms with van der Waals surface area (Å²) in [6, 6.07) is 8.94. The second-order valence-electron chi connectivity index (χ2n) is 7.18. The van der Waals surface area contributed by atoms with Crippen LogP contribution >= 0.6 is 23.4 Å². The summed E-state index contributed by atoms with van der Waals surface area (Å²) in [6.07, 6.45) is 5.92. The van der Waals surface area contributed by atoms with Crippen molar-refractivity contribution in [2.45, 2.75) is 36.6 Å². The molecule has 0 radical (unpaired) electrons. The van der Waals surface area contributed by atoms with E-state index in [9.17, 15) is 0 Å². The lowest BCUT2D eigenvalue weighted by Crippen LogP contribution is -2.48. The first-order valence-electron chi connectivity index (χ1n) is 9.77. The molecule has 3 rings (SSSR count). The molecule has 3 atom stereocenters. The number of nitrogens with one attached hydrogen (secondary N) is 2. The first-order valence-corrected chi connectivity index (χ1v) is 11.4. The Bertz CT molecular complexity index is 624. The van der Waals surface area contributed by atoms with E-state index in [0.29, 0.717) is 6.04 Å². The van der Waals surface area contributed by atoms with E-state index in [1.54, 1.807) is 0 Å². The van der Waals surface area contributed by atoms with Gasteiger partial charge in [-0.1, -0.05) is 23.7 Å². The van der Waals surface area contributed by atoms with Gasteiger partial charge in [0, 0.05) is 43.0 Å². The van der Waals surface area contributed by atoms with Crippen LogP contribution in [0.4, 0.5) is 0 Å². The number of rotatable bonds is 6. The fourth-order valence-electron chi connectivity index (χ4n) is 3.93. The Morgan fingerprint density at radius 3 is 2.85 bits per heavy atom. The molecule has 0 aromatic heterocycles. The third-order valence-electron chi connectivity index (χ3n) is 5.47. The Balaban J connectivity index is 1.62. The fourth-order valence-corrected chi connectivity index (χ4v) is 4.92. The van der Waals surface area contributed by atoms with Gasteiger partial charge in [0.2, 0.25) is 0 Å². The van der Waals surface area contributed by atoms with Gasteiger partial charge in [0.05, 0.1) is 19.3 Å². The van der Waals surface area contributed by atoms with Crippen molar-refractivity contribution >= 4 is 29.3 Å². The van der Waals surface area contributed by atoms with Gasteiger partial charge in [-0.2, -0.15) is 11.8 Å². The summed E-state index contributed by atoms with van der Waals surface area (Å²) in [6.45, 7) is 4.22. The highest BCUT2D eigenvalue weighted by molar-refractivity contribution is 7.99. The highest BCUT2D eigenvalue weighted by Crippen LogP contribution is 2.28. The molecule has 0 amide bonds. The predicted molar refractivity (Wildman–Crippen MR) is 116 cm³/mol. The Morgan fingerprint density at radius 2 is 2.19 bits per heavy atom. The van der Waals surface area contributed by atoms with Gasteiger partial charge < -0.3 is 15.4 Å². The zero-order valence-corrected chi connectivity index (χ0v) is 17.9. The summed E-state index contributed by atoms with van der Waals surface area (Å²) in [5, 5.41) is 8.71. The molecule has 0 spiro atoms. The largest absolute Gasteiger partial charge is 0.379 e. The van der Waals surface area contributed by atoms with E-state index in [0.717, 1.165) is 49.1 Å². The van der Waals surface area contributed by atoms with Crippen LogP contribution in [0.3, 0.4) is 0 Å². The topological polar surface area (TPSA) is 48.9 Å². The van der Waals surface area contributed by atoms with Gasteiger partial charge in [0.25, 0.3) is 0 Å². The number of hydrogen-bond acceptors (Lipinski definition) is 4. The molecule has 1 aromatic rings. The van der Waals surface area contributed by atoms with Gasteiger partial charge in [0.1, 0.15) is 0 Å². The van der Waals surface area contributed by atoms with E-state index in [-0.39, 0.29) is 6.04 Å². The van der Waals surface area contributed by atoms with Crippen LogP contribution in [0.15, 0.2) is 29.3 Å². The minimum Gasteiger partial charge on any atom is -0.379 e. The number of halogens is 1. The van der Waals surface area contributed by atoms with Gasteiger partial charge >= 0.3 is 0 Å². The molecule has 2 aliphatic rings. The Hall–Kier alpha value is -0.950. The van der Waals surface area contributed by atoms with Crippen molar-refractivity contribution in [1.29, 1.82) is 0 Å². The van der Waals surface area contributed by atoms with Crippen LogP contribution in [0, 0.1) is 0 Å². The van der Waals surface area contributed by atoms with E-state index < -0.39 is 0 Å². The van der Waals surface area contributed by atoms with E-state index in [2.05, 4.69) is 38.9 Å². The maximum absolute atomic E-state index is 6.26. The molecule has 150 valence electrons. The number of nitrogens with zero attached hydrogens (tertiary/aromatic N) is 2. The van der Waals surface area contributed by atoms with Crippen LogP contribution in [0.5, 0.6) is 0 Å². The summed E-state index contributed by atoms with van der Waals surface area (Å²) in [4.78, 5) is 6.92. The van der Waals surface area contributed by atoms with Gasteiger partial charge in [-0.25, -0.2) is 0 Å². The first kappa shape index (κ1) is 20.8. The molecular formula is C20H31ClN4OS. The number of thioether (sulfide) groups is 1. The number of ether oxygens (including phenoxy) is 1. The lowest BCUT2D eigenvalue weighted by Gasteiger charge is -2.35. The number of morpholine rings is 1. The van der Waals surface area contributed by atoms with Gasteiger partial charge in [-0.3, -0.25) is 9.89 Å². The van der Waals surface area contributed by atoms with Crippen molar-refractivity contribution in [2.24, 2.45) is 4.99 Å². The minimum atomic E-state index is 0.244. The summed E-state index contributed by atoms with van der Waals surface area (Å²) < 4.78 is 5.54. The maximum atomic E-state index is 6.26. The van der Waals surface area contributed by atoms with Gasteiger partial charge in [-0.15, -0.1) is 0 Å². The summed E-state index contributed by atoms with van der Waals surface area (Å²) >= 11 is 8.23. The minimum absolute atomic E-state index is 0.244. The molecule has 1 saturated heterocycles. The van der Waals surface area contributed by atoms with E-state index in [4.69, 9.17) is 16.3 Å². The Morgan fingerprint density at radius 1 is 1.37 bits per heavy atom. The van der Waals surface area contributed by atoms with Gasteiger partial charge in [0.15, 0.2) is 5.96 Å². The van der Waals surface area contributed by atoms with E-state index in [1.165, 1.54) is 24.8 Å². The van der Waals surface area contributed by atoms with Crippen molar-refractivity contribution < 1.29 is 4.74 Å².